The lowest BCUT2D eigenvalue weighted by Crippen LogP contribution is -2.39. The van der Waals surface area contributed by atoms with E-state index < -0.39 is 10.0 Å². The topological polar surface area (TPSA) is 108 Å². The SMILES string of the molecule is Cc1[nH]nc2[nH]c(=O)cc(C3CCC(NS(=O)(=O)C4CC4)CC3)c12. The van der Waals surface area contributed by atoms with Crippen LogP contribution in [0, 0.1) is 6.92 Å². The fourth-order valence-electron chi connectivity index (χ4n) is 3.79. The summed E-state index contributed by atoms with van der Waals surface area (Å²) in [7, 11) is -3.13. The average Bonchev–Trinajstić information content (AvgIpc) is 3.33. The van der Waals surface area contributed by atoms with Crippen LogP contribution < -0.4 is 10.3 Å². The summed E-state index contributed by atoms with van der Waals surface area (Å²) >= 11 is 0. The van der Waals surface area contributed by atoms with E-state index >= 15 is 0 Å². The van der Waals surface area contributed by atoms with Crippen LogP contribution in [0.2, 0.25) is 0 Å². The van der Waals surface area contributed by atoms with Crippen LogP contribution in [0.15, 0.2) is 10.9 Å². The van der Waals surface area contributed by atoms with Crippen LogP contribution >= 0.6 is 0 Å². The van der Waals surface area contributed by atoms with Gasteiger partial charge in [0.2, 0.25) is 15.6 Å². The number of pyridine rings is 1. The molecule has 130 valence electrons. The zero-order chi connectivity index (χ0) is 16.9. The summed E-state index contributed by atoms with van der Waals surface area (Å²) in [4.78, 5) is 14.6. The second-order valence-corrected chi connectivity index (χ2v) is 9.06. The largest absolute Gasteiger partial charge is 0.305 e. The third-order valence-corrected chi connectivity index (χ3v) is 7.24. The summed E-state index contributed by atoms with van der Waals surface area (Å²) in [6, 6.07) is 1.69. The third-order valence-electron chi connectivity index (χ3n) is 5.23. The molecule has 0 radical (unpaired) electrons. The molecule has 0 unspecified atom stereocenters. The third kappa shape index (κ3) is 2.88. The number of hydrogen-bond donors (Lipinski definition) is 3. The highest BCUT2D eigenvalue weighted by Gasteiger charge is 2.37. The van der Waals surface area contributed by atoms with Crippen molar-refractivity contribution in [3.63, 3.8) is 0 Å². The van der Waals surface area contributed by atoms with Crippen molar-refractivity contribution in [1.29, 1.82) is 0 Å². The maximum absolute atomic E-state index is 12.1. The molecule has 7 nitrogen and oxygen atoms in total. The molecule has 0 saturated heterocycles. The monoisotopic (exact) mass is 350 g/mol. The molecule has 2 aliphatic carbocycles. The molecule has 2 aromatic heterocycles. The Kier molecular flexibility index (Phi) is 3.76. The van der Waals surface area contributed by atoms with E-state index in [0.29, 0.717) is 5.65 Å². The Morgan fingerprint density at radius 2 is 1.88 bits per heavy atom. The Balaban J connectivity index is 1.52. The standard InChI is InChI=1S/C16H22N4O3S/c1-9-15-13(8-14(21)17-16(15)19-18-9)10-2-4-11(5-3-10)20-24(22,23)12-6-7-12/h8,10-12,20H,2-7H2,1H3,(H2,17,18,19,21). The minimum Gasteiger partial charge on any atom is -0.305 e. The fourth-order valence-corrected chi connectivity index (χ4v) is 5.44. The molecule has 0 bridgehead atoms. The molecule has 0 atom stereocenters. The number of sulfonamides is 1. The first-order valence-corrected chi connectivity index (χ1v) is 10.1. The van der Waals surface area contributed by atoms with Crippen molar-refractivity contribution >= 4 is 21.1 Å². The highest BCUT2D eigenvalue weighted by molar-refractivity contribution is 7.90. The maximum atomic E-state index is 12.1. The number of H-pyrrole nitrogens is 2. The molecular formula is C16H22N4O3S. The van der Waals surface area contributed by atoms with Crippen molar-refractivity contribution in [1.82, 2.24) is 19.9 Å². The average molecular weight is 350 g/mol. The van der Waals surface area contributed by atoms with Gasteiger partial charge >= 0.3 is 0 Å². The number of rotatable bonds is 4. The van der Waals surface area contributed by atoms with E-state index in [9.17, 15) is 13.2 Å². The van der Waals surface area contributed by atoms with Gasteiger partial charge in [-0.15, -0.1) is 0 Å². The number of nitrogens with zero attached hydrogens (tertiary/aromatic N) is 1. The second kappa shape index (κ2) is 5.70. The van der Waals surface area contributed by atoms with Gasteiger partial charge in [0.15, 0.2) is 5.65 Å². The van der Waals surface area contributed by atoms with Gasteiger partial charge in [-0.3, -0.25) is 9.89 Å². The van der Waals surface area contributed by atoms with Crippen molar-refractivity contribution in [3.8, 4) is 0 Å². The zero-order valence-electron chi connectivity index (χ0n) is 13.6. The summed E-state index contributed by atoms with van der Waals surface area (Å²) in [5.74, 6) is 0.271. The Labute approximate surface area is 140 Å². The second-order valence-electron chi connectivity index (χ2n) is 7.07. The molecule has 3 N–H and O–H groups in total. The summed E-state index contributed by atoms with van der Waals surface area (Å²) < 4.78 is 27.0. The molecular weight excluding hydrogens is 328 g/mol. The smallest absolute Gasteiger partial charge is 0.249 e. The van der Waals surface area contributed by atoms with Crippen molar-refractivity contribution < 1.29 is 8.42 Å². The van der Waals surface area contributed by atoms with E-state index in [2.05, 4.69) is 19.9 Å². The molecule has 2 fully saturated rings. The molecule has 0 spiro atoms. The first-order chi connectivity index (χ1) is 11.4. The van der Waals surface area contributed by atoms with Gasteiger partial charge in [0.1, 0.15) is 0 Å². The number of hydrogen-bond acceptors (Lipinski definition) is 4. The van der Waals surface area contributed by atoms with Crippen LogP contribution in [0.25, 0.3) is 11.0 Å². The zero-order valence-corrected chi connectivity index (χ0v) is 14.4. The van der Waals surface area contributed by atoms with Crippen LogP contribution in [0.3, 0.4) is 0 Å². The van der Waals surface area contributed by atoms with Crippen molar-refractivity contribution in [2.45, 2.75) is 62.7 Å². The minimum atomic E-state index is -3.13. The molecule has 2 heterocycles. The predicted octanol–water partition coefficient (Wildman–Crippen LogP) is 1.67. The van der Waals surface area contributed by atoms with Gasteiger partial charge in [-0.05, 0) is 56.9 Å². The molecule has 4 rings (SSSR count). The number of aryl methyl sites for hydroxylation is 1. The molecule has 2 aromatic rings. The van der Waals surface area contributed by atoms with Gasteiger partial charge < -0.3 is 4.98 Å². The first kappa shape index (κ1) is 15.8. The Hall–Kier alpha value is -1.67. The highest BCUT2D eigenvalue weighted by atomic mass is 32.2. The quantitative estimate of drug-likeness (QED) is 0.779. The molecule has 0 aliphatic heterocycles. The van der Waals surface area contributed by atoms with Gasteiger partial charge in [-0.25, -0.2) is 13.1 Å². The molecule has 0 aromatic carbocycles. The molecule has 24 heavy (non-hydrogen) atoms. The van der Waals surface area contributed by atoms with E-state index in [4.69, 9.17) is 0 Å². The van der Waals surface area contributed by atoms with E-state index in [0.717, 1.165) is 55.2 Å². The molecule has 2 aliphatic rings. The lowest BCUT2D eigenvalue weighted by Gasteiger charge is -2.29. The first-order valence-electron chi connectivity index (χ1n) is 8.53. The Morgan fingerprint density at radius 1 is 1.17 bits per heavy atom. The molecule has 2 saturated carbocycles. The van der Waals surface area contributed by atoms with Crippen molar-refractivity contribution in [2.24, 2.45) is 0 Å². The highest BCUT2D eigenvalue weighted by Crippen LogP contribution is 2.37. The summed E-state index contributed by atoms with van der Waals surface area (Å²) in [5, 5.41) is 7.91. The summed E-state index contributed by atoms with van der Waals surface area (Å²) in [6.45, 7) is 1.95. The summed E-state index contributed by atoms with van der Waals surface area (Å²) in [6.07, 6.45) is 4.94. The Morgan fingerprint density at radius 3 is 2.54 bits per heavy atom. The van der Waals surface area contributed by atoms with Crippen LogP contribution in [0.5, 0.6) is 0 Å². The van der Waals surface area contributed by atoms with Gasteiger partial charge in [0, 0.05) is 23.2 Å². The predicted molar refractivity (Wildman–Crippen MR) is 91.5 cm³/mol. The van der Waals surface area contributed by atoms with Crippen LogP contribution in [-0.2, 0) is 10.0 Å². The van der Waals surface area contributed by atoms with Gasteiger partial charge in [-0.2, -0.15) is 5.10 Å². The lowest BCUT2D eigenvalue weighted by atomic mass is 9.81. The van der Waals surface area contributed by atoms with Gasteiger partial charge in [-0.1, -0.05) is 0 Å². The van der Waals surface area contributed by atoms with E-state index in [1.807, 2.05) is 6.92 Å². The van der Waals surface area contributed by atoms with Gasteiger partial charge in [0.25, 0.3) is 0 Å². The van der Waals surface area contributed by atoms with E-state index in [-0.39, 0.29) is 22.8 Å². The van der Waals surface area contributed by atoms with Crippen molar-refractivity contribution in [3.05, 3.63) is 27.7 Å². The molecule has 8 heteroatoms. The normalized spacial score (nSPS) is 25.2. The van der Waals surface area contributed by atoms with Crippen LogP contribution in [0.1, 0.15) is 55.7 Å². The fraction of sp³-hybridized carbons (Fsp3) is 0.625. The molecule has 0 amide bonds. The van der Waals surface area contributed by atoms with Crippen LogP contribution in [-0.4, -0.2) is 34.9 Å². The number of aromatic amines is 2. The maximum Gasteiger partial charge on any atom is 0.249 e. The number of nitrogens with one attached hydrogen (secondary N) is 3. The minimum absolute atomic E-state index is 0.0229. The number of aromatic nitrogens is 3. The Bertz CT molecular complexity index is 918. The van der Waals surface area contributed by atoms with Crippen LogP contribution in [0.4, 0.5) is 0 Å². The van der Waals surface area contributed by atoms with E-state index in [1.54, 1.807) is 6.07 Å². The summed E-state index contributed by atoms with van der Waals surface area (Å²) in [5.41, 5.74) is 2.45. The van der Waals surface area contributed by atoms with Crippen molar-refractivity contribution in [2.75, 3.05) is 0 Å². The number of fused-ring (bicyclic) bond motifs is 1. The lowest BCUT2D eigenvalue weighted by molar-refractivity contribution is 0.375. The van der Waals surface area contributed by atoms with E-state index in [1.165, 1.54) is 0 Å². The van der Waals surface area contributed by atoms with Gasteiger partial charge in [0.05, 0.1) is 5.25 Å².